The van der Waals surface area contributed by atoms with Crippen LogP contribution >= 0.6 is 0 Å². The number of benzene rings is 3. The molecule has 0 fully saturated rings. The molecule has 28 heavy (non-hydrogen) atoms. The van der Waals surface area contributed by atoms with Crippen molar-refractivity contribution in [3.05, 3.63) is 79.1 Å². The molecule has 5 rings (SSSR count). The summed E-state index contributed by atoms with van der Waals surface area (Å²) in [5, 5.41) is 6.23. The number of nitrogens with two attached hydrogens (primary N) is 1. The minimum absolute atomic E-state index is 0.454. The SMILES string of the molecule is Nc1ccc(Oc2ccnc(Nc3ccc4[nH]ccc4c3)n2)c2ccccc12. The van der Waals surface area contributed by atoms with Gasteiger partial charge in [0.25, 0.3) is 0 Å². The molecule has 0 amide bonds. The van der Waals surface area contributed by atoms with Gasteiger partial charge in [0, 0.05) is 51.5 Å². The quantitative estimate of drug-likeness (QED) is 0.379. The lowest BCUT2D eigenvalue weighted by Crippen LogP contribution is -1.98. The zero-order chi connectivity index (χ0) is 18.9. The molecule has 0 aliphatic heterocycles. The maximum absolute atomic E-state index is 6.07. The van der Waals surface area contributed by atoms with Crippen LogP contribution in [0.15, 0.2) is 79.1 Å². The van der Waals surface area contributed by atoms with E-state index in [0.29, 0.717) is 23.3 Å². The van der Waals surface area contributed by atoms with Gasteiger partial charge in [-0.25, -0.2) is 4.98 Å². The number of rotatable bonds is 4. The van der Waals surface area contributed by atoms with E-state index in [1.54, 1.807) is 12.3 Å². The van der Waals surface area contributed by atoms with Crippen molar-refractivity contribution in [2.45, 2.75) is 0 Å². The molecular formula is C22H17N5O. The third kappa shape index (κ3) is 2.97. The van der Waals surface area contributed by atoms with Crippen LogP contribution in [0.3, 0.4) is 0 Å². The monoisotopic (exact) mass is 367 g/mol. The molecule has 0 spiro atoms. The van der Waals surface area contributed by atoms with Crippen molar-refractivity contribution in [3.63, 3.8) is 0 Å². The molecule has 0 saturated carbocycles. The van der Waals surface area contributed by atoms with Crippen molar-refractivity contribution in [1.29, 1.82) is 0 Å². The van der Waals surface area contributed by atoms with E-state index in [1.807, 2.05) is 66.9 Å². The van der Waals surface area contributed by atoms with Crippen molar-refractivity contribution in [2.75, 3.05) is 11.1 Å². The molecule has 3 aromatic carbocycles. The number of nitrogen functional groups attached to an aromatic ring is 1. The molecule has 2 aromatic heterocycles. The van der Waals surface area contributed by atoms with Gasteiger partial charge in [-0.15, -0.1) is 0 Å². The number of ether oxygens (including phenoxy) is 1. The zero-order valence-electron chi connectivity index (χ0n) is 14.9. The molecule has 0 unspecified atom stereocenters. The second-order valence-corrected chi connectivity index (χ2v) is 6.42. The van der Waals surface area contributed by atoms with Crippen LogP contribution in [0.1, 0.15) is 0 Å². The summed E-state index contributed by atoms with van der Waals surface area (Å²) in [6.45, 7) is 0. The predicted octanol–water partition coefficient (Wildman–Crippen LogP) is 5.23. The first-order chi connectivity index (χ1) is 13.8. The first kappa shape index (κ1) is 16.1. The van der Waals surface area contributed by atoms with E-state index in [9.17, 15) is 0 Å². The fourth-order valence-corrected chi connectivity index (χ4v) is 3.22. The standard InChI is InChI=1S/C22H17N5O/c23-18-6-8-20(17-4-2-1-3-16(17)18)28-21-10-12-25-22(27-21)26-15-5-7-19-14(13-15)9-11-24-19/h1-13,24H,23H2,(H,25,26,27). The summed E-state index contributed by atoms with van der Waals surface area (Å²) in [6.07, 6.45) is 3.58. The Labute approximate surface area is 161 Å². The van der Waals surface area contributed by atoms with Gasteiger partial charge < -0.3 is 20.8 Å². The lowest BCUT2D eigenvalue weighted by molar-refractivity contribution is 0.468. The number of hydrogen-bond donors (Lipinski definition) is 3. The Kier molecular flexibility index (Phi) is 3.80. The summed E-state index contributed by atoms with van der Waals surface area (Å²) < 4.78 is 6.03. The van der Waals surface area contributed by atoms with Crippen LogP contribution in [0.25, 0.3) is 21.7 Å². The summed E-state index contributed by atoms with van der Waals surface area (Å²) in [7, 11) is 0. The molecule has 0 aliphatic rings. The highest BCUT2D eigenvalue weighted by molar-refractivity contribution is 5.97. The maximum Gasteiger partial charge on any atom is 0.230 e. The van der Waals surface area contributed by atoms with Gasteiger partial charge in [0.1, 0.15) is 5.75 Å². The molecule has 6 heteroatoms. The van der Waals surface area contributed by atoms with Gasteiger partial charge in [-0.2, -0.15) is 4.98 Å². The summed E-state index contributed by atoms with van der Waals surface area (Å²) in [5.41, 5.74) is 8.77. The number of nitrogens with zero attached hydrogens (tertiary/aromatic N) is 2. The molecule has 2 heterocycles. The third-order valence-electron chi connectivity index (χ3n) is 4.57. The van der Waals surface area contributed by atoms with Crippen LogP contribution < -0.4 is 15.8 Å². The highest BCUT2D eigenvalue weighted by Crippen LogP contribution is 2.32. The van der Waals surface area contributed by atoms with Crippen molar-refractivity contribution in [3.8, 4) is 11.6 Å². The fraction of sp³-hybridized carbons (Fsp3) is 0. The molecule has 0 aliphatic carbocycles. The van der Waals surface area contributed by atoms with Gasteiger partial charge in [0.05, 0.1) is 0 Å². The topological polar surface area (TPSA) is 88.9 Å². The minimum Gasteiger partial charge on any atom is -0.438 e. The van der Waals surface area contributed by atoms with Crippen LogP contribution in [0, 0.1) is 0 Å². The van der Waals surface area contributed by atoms with Gasteiger partial charge in [-0.1, -0.05) is 24.3 Å². The number of aromatic nitrogens is 3. The number of H-pyrrole nitrogens is 1. The lowest BCUT2D eigenvalue weighted by atomic mass is 10.1. The zero-order valence-corrected chi connectivity index (χ0v) is 14.9. The summed E-state index contributed by atoms with van der Waals surface area (Å²) in [5.74, 6) is 1.62. The normalized spacial score (nSPS) is 11.0. The number of fused-ring (bicyclic) bond motifs is 2. The van der Waals surface area contributed by atoms with Crippen molar-refractivity contribution in [2.24, 2.45) is 0 Å². The largest absolute Gasteiger partial charge is 0.438 e. The molecule has 0 saturated heterocycles. The highest BCUT2D eigenvalue weighted by atomic mass is 16.5. The van der Waals surface area contributed by atoms with Crippen molar-refractivity contribution in [1.82, 2.24) is 15.0 Å². The van der Waals surface area contributed by atoms with E-state index in [-0.39, 0.29) is 0 Å². The minimum atomic E-state index is 0.454. The molecule has 0 radical (unpaired) electrons. The Morgan fingerprint density at radius 1 is 0.929 bits per heavy atom. The van der Waals surface area contributed by atoms with Crippen LogP contribution in [0.4, 0.5) is 17.3 Å². The molecule has 5 aromatic rings. The third-order valence-corrected chi connectivity index (χ3v) is 4.57. The van der Waals surface area contributed by atoms with Gasteiger partial charge in [-0.3, -0.25) is 0 Å². The Balaban J connectivity index is 1.44. The average Bonchev–Trinajstić information content (AvgIpc) is 3.19. The molecular weight excluding hydrogens is 350 g/mol. The van der Waals surface area contributed by atoms with Crippen LogP contribution in [0.5, 0.6) is 11.6 Å². The highest BCUT2D eigenvalue weighted by Gasteiger charge is 2.08. The average molecular weight is 367 g/mol. The van der Waals surface area contributed by atoms with Crippen LogP contribution in [-0.2, 0) is 0 Å². The summed E-state index contributed by atoms with van der Waals surface area (Å²) in [4.78, 5) is 11.9. The van der Waals surface area contributed by atoms with E-state index in [0.717, 1.165) is 27.4 Å². The number of aromatic amines is 1. The fourth-order valence-electron chi connectivity index (χ4n) is 3.22. The second-order valence-electron chi connectivity index (χ2n) is 6.42. The molecule has 6 nitrogen and oxygen atoms in total. The van der Waals surface area contributed by atoms with E-state index < -0.39 is 0 Å². The molecule has 4 N–H and O–H groups in total. The van der Waals surface area contributed by atoms with E-state index >= 15 is 0 Å². The van der Waals surface area contributed by atoms with Gasteiger partial charge >= 0.3 is 0 Å². The smallest absolute Gasteiger partial charge is 0.230 e. The van der Waals surface area contributed by atoms with Crippen molar-refractivity contribution < 1.29 is 4.74 Å². The Morgan fingerprint density at radius 3 is 2.75 bits per heavy atom. The first-order valence-corrected chi connectivity index (χ1v) is 8.88. The van der Waals surface area contributed by atoms with E-state index in [4.69, 9.17) is 10.5 Å². The van der Waals surface area contributed by atoms with E-state index in [1.165, 1.54) is 0 Å². The maximum atomic E-state index is 6.07. The molecule has 0 bridgehead atoms. The number of anilines is 3. The van der Waals surface area contributed by atoms with Gasteiger partial charge in [0.15, 0.2) is 0 Å². The van der Waals surface area contributed by atoms with Crippen molar-refractivity contribution >= 4 is 39.0 Å². The Hall–Kier alpha value is -4.06. The van der Waals surface area contributed by atoms with Crippen LogP contribution in [-0.4, -0.2) is 15.0 Å². The van der Waals surface area contributed by atoms with E-state index in [2.05, 4.69) is 20.3 Å². The lowest BCUT2D eigenvalue weighted by Gasteiger charge is -2.11. The Morgan fingerprint density at radius 2 is 1.82 bits per heavy atom. The molecule has 136 valence electrons. The Bertz CT molecular complexity index is 1290. The summed E-state index contributed by atoms with van der Waals surface area (Å²) in [6, 6.07) is 21.3. The number of hydrogen-bond acceptors (Lipinski definition) is 5. The number of nitrogens with one attached hydrogen (secondary N) is 2. The van der Waals surface area contributed by atoms with Crippen LogP contribution in [0.2, 0.25) is 0 Å². The predicted molar refractivity (Wildman–Crippen MR) is 112 cm³/mol. The first-order valence-electron chi connectivity index (χ1n) is 8.88. The summed E-state index contributed by atoms with van der Waals surface area (Å²) >= 11 is 0. The second kappa shape index (κ2) is 6.59. The molecule has 0 atom stereocenters. The van der Waals surface area contributed by atoms with Gasteiger partial charge in [0.2, 0.25) is 11.8 Å². The van der Waals surface area contributed by atoms with Gasteiger partial charge in [-0.05, 0) is 36.4 Å².